The van der Waals surface area contributed by atoms with Crippen LogP contribution in [0.5, 0.6) is 0 Å². The van der Waals surface area contributed by atoms with Gasteiger partial charge in [0.05, 0.1) is 17.3 Å². The molecule has 0 aliphatic carbocycles. The zero-order valence-electron chi connectivity index (χ0n) is 22.2. The van der Waals surface area contributed by atoms with Crippen molar-refractivity contribution in [2.75, 3.05) is 32.5 Å². The monoisotopic (exact) mass is 549 g/mol. The molecule has 1 aliphatic rings. The number of amides is 1. The fraction of sp³-hybridized carbons (Fsp3) is 0.310. The fourth-order valence-electron chi connectivity index (χ4n) is 4.49. The number of allylic oxidation sites excluding steroid dienone is 1. The number of rotatable bonds is 7. The maximum Gasteiger partial charge on any atom is 0.416 e. The minimum absolute atomic E-state index is 0.0480. The van der Waals surface area contributed by atoms with E-state index in [4.69, 9.17) is 5.41 Å². The number of H-pyrrole nitrogens is 1. The topological polar surface area (TPSA) is 101 Å². The number of aromatic nitrogens is 3. The predicted molar refractivity (Wildman–Crippen MR) is 148 cm³/mol. The number of alkyl halides is 3. The third-order valence-electron chi connectivity index (χ3n) is 6.64. The second-order valence-corrected chi connectivity index (χ2v) is 9.71. The van der Waals surface area contributed by atoms with Gasteiger partial charge in [0.25, 0.3) is 5.91 Å². The van der Waals surface area contributed by atoms with Crippen molar-refractivity contribution < 1.29 is 18.0 Å². The molecular formula is C29H30F3N7O. The van der Waals surface area contributed by atoms with E-state index in [1.807, 2.05) is 19.0 Å². The largest absolute Gasteiger partial charge is 0.416 e. The third kappa shape index (κ3) is 7.65. The second-order valence-electron chi connectivity index (χ2n) is 9.71. The highest BCUT2D eigenvalue weighted by Crippen LogP contribution is 2.35. The molecule has 40 heavy (non-hydrogen) atoms. The Hall–Kier alpha value is -4.27. The van der Waals surface area contributed by atoms with Gasteiger partial charge in [-0.1, -0.05) is 12.0 Å². The molecular weight excluding hydrogens is 519 g/mol. The average molecular weight is 550 g/mol. The second kappa shape index (κ2) is 12.7. The maximum absolute atomic E-state index is 14.0. The summed E-state index contributed by atoms with van der Waals surface area (Å²) < 4.78 is 41.9. The van der Waals surface area contributed by atoms with E-state index in [-0.39, 0.29) is 23.4 Å². The van der Waals surface area contributed by atoms with Crippen molar-refractivity contribution in [3.8, 4) is 11.8 Å². The SMILES string of the molecule is CN(C)C1CCN(Cc2ccc(NC(=O)c3cncc(C#Cc4cnc(/C=C\C=N)[nH]4)c3)cc2C(F)(F)F)CC1. The molecule has 0 spiro atoms. The van der Waals surface area contributed by atoms with Crippen LogP contribution in [-0.4, -0.2) is 70.1 Å². The minimum atomic E-state index is -4.56. The summed E-state index contributed by atoms with van der Waals surface area (Å²) in [5, 5.41) is 9.57. The number of nitrogens with one attached hydrogen (secondary N) is 3. The molecule has 3 heterocycles. The Balaban J connectivity index is 1.45. The summed E-state index contributed by atoms with van der Waals surface area (Å²) >= 11 is 0. The lowest BCUT2D eigenvalue weighted by Crippen LogP contribution is -2.41. The molecule has 11 heteroatoms. The van der Waals surface area contributed by atoms with Crippen molar-refractivity contribution in [3.05, 3.63) is 82.7 Å². The van der Waals surface area contributed by atoms with Crippen molar-refractivity contribution in [2.45, 2.75) is 31.6 Å². The molecule has 3 aromatic rings. The first kappa shape index (κ1) is 28.7. The van der Waals surface area contributed by atoms with Crippen molar-refractivity contribution in [1.29, 1.82) is 5.41 Å². The van der Waals surface area contributed by atoms with Gasteiger partial charge < -0.3 is 20.6 Å². The number of piperidine rings is 1. The van der Waals surface area contributed by atoms with Crippen LogP contribution >= 0.6 is 0 Å². The van der Waals surface area contributed by atoms with Crippen molar-refractivity contribution >= 4 is 23.9 Å². The summed E-state index contributed by atoms with van der Waals surface area (Å²) in [4.78, 5) is 28.2. The molecule has 0 atom stereocenters. The Morgan fingerprint density at radius 2 is 1.98 bits per heavy atom. The van der Waals surface area contributed by atoms with Gasteiger partial charge in [-0.25, -0.2) is 4.98 Å². The molecule has 0 bridgehead atoms. The van der Waals surface area contributed by atoms with E-state index >= 15 is 0 Å². The van der Waals surface area contributed by atoms with Crippen LogP contribution in [0.1, 0.15) is 51.4 Å². The molecule has 0 unspecified atom stereocenters. The molecule has 1 aliphatic heterocycles. The molecule has 2 aromatic heterocycles. The number of imidazole rings is 1. The number of benzene rings is 1. The van der Waals surface area contributed by atoms with Crippen molar-refractivity contribution in [2.24, 2.45) is 0 Å². The Bertz CT molecular complexity index is 1440. The Labute approximate surface area is 230 Å². The quantitative estimate of drug-likeness (QED) is 0.294. The summed E-state index contributed by atoms with van der Waals surface area (Å²) in [5.74, 6) is 5.71. The number of hydrogen-bond donors (Lipinski definition) is 3. The van der Waals surface area contributed by atoms with Gasteiger partial charge >= 0.3 is 6.18 Å². The van der Waals surface area contributed by atoms with E-state index in [9.17, 15) is 18.0 Å². The van der Waals surface area contributed by atoms with Crippen LogP contribution < -0.4 is 5.32 Å². The third-order valence-corrected chi connectivity index (χ3v) is 6.64. The van der Waals surface area contributed by atoms with Crippen LogP contribution in [0.2, 0.25) is 0 Å². The number of pyridine rings is 1. The molecule has 1 saturated heterocycles. The van der Waals surface area contributed by atoms with Crippen LogP contribution in [0.3, 0.4) is 0 Å². The molecule has 0 saturated carbocycles. The normalized spacial score (nSPS) is 14.8. The van der Waals surface area contributed by atoms with E-state index in [0.29, 0.717) is 23.1 Å². The molecule has 0 radical (unpaired) electrons. The molecule has 1 amide bonds. The maximum atomic E-state index is 14.0. The van der Waals surface area contributed by atoms with Crippen LogP contribution in [0, 0.1) is 17.3 Å². The molecule has 4 rings (SSSR count). The highest BCUT2D eigenvalue weighted by Gasteiger charge is 2.34. The predicted octanol–water partition coefficient (Wildman–Crippen LogP) is 4.66. The van der Waals surface area contributed by atoms with Crippen LogP contribution in [0.15, 0.2) is 48.9 Å². The lowest BCUT2D eigenvalue weighted by Gasteiger charge is -2.35. The fourth-order valence-corrected chi connectivity index (χ4v) is 4.49. The van der Waals surface area contributed by atoms with E-state index in [0.717, 1.165) is 38.2 Å². The molecule has 1 aromatic carbocycles. The van der Waals surface area contributed by atoms with E-state index in [2.05, 4.69) is 37.0 Å². The first-order valence-corrected chi connectivity index (χ1v) is 12.7. The Morgan fingerprint density at radius 3 is 2.67 bits per heavy atom. The summed E-state index contributed by atoms with van der Waals surface area (Å²) in [7, 11) is 4.04. The van der Waals surface area contributed by atoms with Gasteiger partial charge in [-0.05, 0) is 81.9 Å². The molecule has 8 nitrogen and oxygen atoms in total. The van der Waals surface area contributed by atoms with Crippen molar-refractivity contribution in [1.82, 2.24) is 24.8 Å². The van der Waals surface area contributed by atoms with E-state index in [1.54, 1.807) is 6.08 Å². The van der Waals surface area contributed by atoms with Gasteiger partial charge in [-0.2, -0.15) is 13.2 Å². The number of aromatic amines is 1. The van der Waals surface area contributed by atoms with Gasteiger partial charge in [0.15, 0.2) is 0 Å². The van der Waals surface area contributed by atoms with Gasteiger partial charge in [0.2, 0.25) is 0 Å². The van der Waals surface area contributed by atoms with Gasteiger partial charge in [0, 0.05) is 42.4 Å². The lowest BCUT2D eigenvalue weighted by molar-refractivity contribution is -0.138. The summed E-state index contributed by atoms with van der Waals surface area (Å²) in [6.07, 6.45) is 5.87. The van der Waals surface area contributed by atoms with Crippen molar-refractivity contribution in [3.63, 3.8) is 0 Å². The van der Waals surface area contributed by atoms with E-state index < -0.39 is 17.6 Å². The standard InChI is InChI=1S/C29H30F3N7O/c1-38(2)25-9-12-39(13-10-25)19-21-6-8-23(15-26(21)29(30,31)32)37-28(40)22-14-20(16-34-17-22)5-7-24-18-35-27(36-24)4-3-11-33/h3-4,6,8,11,14-18,25,33H,9-10,12-13,19H2,1-2H3,(H,35,36)(H,37,40)/b4-3-,33-11?. The number of nitrogens with zero attached hydrogens (tertiary/aromatic N) is 4. The summed E-state index contributed by atoms with van der Waals surface area (Å²) in [5.41, 5.74) is 0.610. The molecule has 1 fully saturated rings. The zero-order valence-corrected chi connectivity index (χ0v) is 22.2. The van der Waals surface area contributed by atoms with Gasteiger partial charge in [0.1, 0.15) is 11.5 Å². The molecule has 3 N–H and O–H groups in total. The Kier molecular flexibility index (Phi) is 9.14. The number of hydrogen-bond acceptors (Lipinski definition) is 6. The van der Waals surface area contributed by atoms with Crippen LogP contribution in [0.25, 0.3) is 6.08 Å². The lowest BCUT2D eigenvalue weighted by atomic mass is 10.0. The summed E-state index contributed by atoms with van der Waals surface area (Å²) in [6, 6.07) is 5.87. The minimum Gasteiger partial charge on any atom is -0.332 e. The Morgan fingerprint density at radius 1 is 1.20 bits per heavy atom. The number of carbonyl (C=O) groups excluding carboxylic acids is 1. The first-order valence-electron chi connectivity index (χ1n) is 12.7. The van der Waals surface area contributed by atoms with E-state index in [1.165, 1.54) is 42.9 Å². The number of carbonyl (C=O) groups is 1. The van der Waals surface area contributed by atoms with Gasteiger partial charge in [-0.15, -0.1) is 0 Å². The first-order chi connectivity index (χ1) is 19.1. The average Bonchev–Trinajstić information content (AvgIpc) is 3.39. The van der Waals surface area contributed by atoms with Crippen LogP contribution in [0.4, 0.5) is 18.9 Å². The number of anilines is 1. The number of halogens is 3. The highest BCUT2D eigenvalue weighted by atomic mass is 19.4. The number of likely N-dealkylation sites (tertiary alicyclic amines) is 1. The smallest absolute Gasteiger partial charge is 0.332 e. The molecule has 208 valence electrons. The zero-order chi connectivity index (χ0) is 28.7. The van der Waals surface area contributed by atoms with Gasteiger partial charge in [-0.3, -0.25) is 14.7 Å². The summed E-state index contributed by atoms with van der Waals surface area (Å²) in [6.45, 7) is 1.66. The van der Waals surface area contributed by atoms with Crippen LogP contribution in [-0.2, 0) is 12.7 Å². The highest BCUT2D eigenvalue weighted by molar-refractivity contribution is 6.04.